The van der Waals surface area contributed by atoms with Crippen LogP contribution in [-0.4, -0.2) is 11.7 Å². The fourth-order valence-corrected chi connectivity index (χ4v) is 3.77. The molecule has 100 valence electrons. The molecule has 1 aliphatic heterocycles. The maximum atomic E-state index is 10.7. The summed E-state index contributed by atoms with van der Waals surface area (Å²) in [4.78, 5) is 0.988. The van der Waals surface area contributed by atoms with Crippen LogP contribution in [0.1, 0.15) is 34.6 Å². The molecule has 2 nitrogen and oxygen atoms in total. The standard InChI is InChI=1S/C15H15ClO2S/c1-2-9-4-6-19-15(9)13(17)12-8-11(16)7-10-3-5-18-14(10)12/h4,6-8,13,17H,2-3,5H2,1H3. The number of benzene rings is 1. The van der Waals surface area contributed by atoms with E-state index < -0.39 is 6.10 Å². The van der Waals surface area contributed by atoms with Gasteiger partial charge in [0, 0.05) is 21.9 Å². The summed E-state index contributed by atoms with van der Waals surface area (Å²) in [6.07, 6.45) is 1.13. The van der Waals surface area contributed by atoms with Crippen molar-refractivity contribution in [2.24, 2.45) is 0 Å². The Hall–Kier alpha value is -1.03. The van der Waals surface area contributed by atoms with Gasteiger partial charge in [-0.05, 0) is 41.1 Å². The van der Waals surface area contributed by atoms with E-state index in [0.29, 0.717) is 11.6 Å². The highest BCUT2D eigenvalue weighted by atomic mass is 35.5. The van der Waals surface area contributed by atoms with Crippen LogP contribution in [0.25, 0.3) is 0 Å². The van der Waals surface area contributed by atoms with Gasteiger partial charge in [-0.1, -0.05) is 18.5 Å². The van der Waals surface area contributed by atoms with Crippen molar-refractivity contribution >= 4 is 22.9 Å². The first kappa shape index (κ1) is 13.0. The van der Waals surface area contributed by atoms with Crippen molar-refractivity contribution in [1.29, 1.82) is 0 Å². The lowest BCUT2D eigenvalue weighted by atomic mass is 10.0. The smallest absolute Gasteiger partial charge is 0.128 e. The Morgan fingerprint density at radius 2 is 2.32 bits per heavy atom. The molecule has 3 rings (SSSR count). The van der Waals surface area contributed by atoms with E-state index >= 15 is 0 Å². The number of halogens is 1. The summed E-state index contributed by atoms with van der Waals surface area (Å²) in [5.74, 6) is 0.812. The number of rotatable bonds is 3. The first-order valence-electron chi connectivity index (χ1n) is 6.40. The summed E-state index contributed by atoms with van der Waals surface area (Å²) in [6.45, 7) is 2.76. The summed E-state index contributed by atoms with van der Waals surface area (Å²) in [5.41, 5.74) is 3.07. The van der Waals surface area contributed by atoms with Gasteiger partial charge in [0.1, 0.15) is 11.9 Å². The third kappa shape index (κ3) is 2.27. The van der Waals surface area contributed by atoms with Crippen LogP contribution < -0.4 is 4.74 Å². The second-order valence-electron chi connectivity index (χ2n) is 4.65. The van der Waals surface area contributed by atoms with Crippen molar-refractivity contribution in [3.63, 3.8) is 0 Å². The van der Waals surface area contributed by atoms with Gasteiger partial charge in [-0.25, -0.2) is 0 Å². The Balaban J connectivity index is 2.07. The van der Waals surface area contributed by atoms with Crippen molar-refractivity contribution in [3.8, 4) is 5.75 Å². The second-order valence-corrected chi connectivity index (χ2v) is 6.03. The quantitative estimate of drug-likeness (QED) is 0.928. The summed E-state index contributed by atoms with van der Waals surface area (Å²) < 4.78 is 5.66. The molecule has 1 unspecified atom stereocenters. The zero-order valence-electron chi connectivity index (χ0n) is 10.6. The average molecular weight is 295 g/mol. The number of fused-ring (bicyclic) bond motifs is 1. The van der Waals surface area contributed by atoms with Crippen molar-refractivity contribution in [3.05, 3.63) is 50.2 Å². The highest BCUT2D eigenvalue weighted by Gasteiger charge is 2.25. The van der Waals surface area contributed by atoms with Gasteiger partial charge in [0.25, 0.3) is 0 Å². The molecule has 0 aliphatic carbocycles. The second kappa shape index (κ2) is 5.16. The SMILES string of the molecule is CCc1ccsc1C(O)c1cc(Cl)cc2c1OCC2. The van der Waals surface area contributed by atoms with Gasteiger partial charge >= 0.3 is 0 Å². The lowest BCUT2D eigenvalue weighted by Gasteiger charge is -2.15. The van der Waals surface area contributed by atoms with E-state index in [1.165, 1.54) is 5.56 Å². The summed E-state index contributed by atoms with van der Waals surface area (Å²) >= 11 is 7.72. The minimum atomic E-state index is -0.652. The molecule has 19 heavy (non-hydrogen) atoms. The van der Waals surface area contributed by atoms with E-state index in [2.05, 4.69) is 13.0 Å². The van der Waals surface area contributed by atoms with Crippen molar-refractivity contribution in [2.45, 2.75) is 25.9 Å². The molecular formula is C15H15ClO2S. The maximum absolute atomic E-state index is 10.7. The molecular weight excluding hydrogens is 280 g/mol. The molecule has 1 aromatic heterocycles. The average Bonchev–Trinajstić information content (AvgIpc) is 3.04. The highest BCUT2D eigenvalue weighted by molar-refractivity contribution is 7.10. The molecule has 0 saturated heterocycles. The molecule has 2 aromatic rings. The number of aryl methyl sites for hydroxylation is 1. The zero-order valence-corrected chi connectivity index (χ0v) is 12.2. The molecule has 0 amide bonds. The van der Waals surface area contributed by atoms with E-state index in [1.807, 2.05) is 17.5 Å². The topological polar surface area (TPSA) is 29.5 Å². The third-order valence-electron chi connectivity index (χ3n) is 3.48. The van der Waals surface area contributed by atoms with Gasteiger partial charge in [0.15, 0.2) is 0 Å². The van der Waals surface area contributed by atoms with Crippen molar-refractivity contribution in [1.82, 2.24) is 0 Å². The molecule has 4 heteroatoms. The van der Waals surface area contributed by atoms with Gasteiger partial charge in [0.2, 0.25) is 0 Å². The lowest BCUT2D eigenvalue weighted by molar-refractivity contribution is 0.216. The molecule has 0 bridgehead atoms. The fourth-order valence-electron chi connectivity index (χ4n) is 2.52. The highest BCUT2D eigenvalue weighted by Crippen LogP contribution is 2.40. The van der Waals surface area contributed by atoms with Crippen molar-refractivity contribution < 1.29 is 9.84 Å². The van der Waals surface area contributed by atoms with Gasteiger partial charge < -0.3 is 9.84 Å². The maximum Gasteiger partial charge on any atom is 0.128 e. The van der Waals surface area contributed by atoms with Gasteiger partial charge in [-0.15, -0.1) is 11.3 Å². The zero-order chi connectivity index (χ0) is 13.4. The Morgan fingerprint density at radius 3 is 3.11 bits per heavy atom. The van der Waals surface area contributed by atoms with Gasteiger partial charge in [-0.3, -0.25) is 0 Å². The Labute approximate surface area is 121 Å². The van der Waals surface area contributed by atoms with Crippen LogP contribution in [0, 0.1) is 0 Å². The number of hydrogen-bond donors (Lipinski definition) is 1. The van der Waals surface area contributed by atoms with Crippen LogP contribution in [0.3, 0.4) is 0 Å². The number of aliphatic hydroxyl groups is 1. The Kier molecular flexibility index (Phi) is 3.52. The van der Waals surface area contributed by atoms with Crippen LogP contribution in [0.5, 0.6) is 5.75 Å². The van der Waals surface area contributed by atoms with E-state index in [0.717, 1.165) is 34.6 Å². The fraction of sp³-hybridized carbons (Fsp3) is 0.333. The van der Waals surface area contributed by atoms with E-state index in [9.17, 15) is 5.11 Å². The van der Waals surface area contributed by atoms with E-state index in [1.54, 1.807) is 11.3 Å². The number of thiophene rings is 1. The summed E-state index contributed by atoms with van der Waals surface area (Å²) in [6, 6.07) is 5.81. The predicted molar refractivity (Wildman–Crippen MR) is 78.4 cm³/mol. The first-order chi connectivity index (χ1) is 9.20. The normalized spacial score (nSPS) is 15.1. The molecule has 1 aromatic carbocycles. The Bertz CT molecular complexity index is 606. The molecule has 2 heterocycles. The van der Waals surface area contributed by atoms with Gasteiger partial charge in [-0.2, -0.15) is 0 Å². The minimum Gasteiger partial charge on any atom is -0.493 e. The molecule has 1 N–H and O–H groups in total. The van der Waals surface area contributed by atoms with Crippen LogP contribution in [0.15, 0.2) is 23.6 Å². The minimum absolute atomic E-state index is 0.652. The molecule has 1 atom stereocenters. The molecule has 1 aliphatic rings. The van der Waals surface area contributed by atoms with Gasteiger partial charge in [0.05, 0.1) is 6.61 Å². The number of ether oxygens (including phenoxy) is 1. The molecule has 0 saturated carbocycles. The molecule has 0 radical (unpaired) electrons. The number of aliphatic hydroxyl groups excluding tert-OH is 1. The summed E-state index contributed by atoms with van der Waals surface area (Å²) in [5, 5.41) is 13.3. The first-order valence-corrected chi connectivity index (χ1v) is 7.66. The van der Waals surface area contributed by atoms with E-state index in [-0.39, 0.29) is 0 Å². The predicted octanol–water partition coefficient (Wildman–Crippen LogP) is 3.98. The monoisotopic (exact) mass is 294 g/mol. The number of hydrogen-bond acceptors (Lipinski definition) is 3. The third-order valence-corrected chi connectivity index (χ3v) is 4.71. The van der Waals surface area contributed by atoms with Crippen LogP contribution in [0.2, 0.25) is 5.02 Å². The largest absolute Gasteiger partial charge is 0.493 e. The van der Waals surface area contributed by atoms with Crippen LogP contribution in [-0.2, 0) is 12.8 Å². The van der Waals surface area contributed by atoms with Crippen LogP contribution in [0.4, 0.5) is 0 Å². The lowest BCUT2D eigenvalue weighted by Crippen LogP contribution is -2.02. The molecule has 0 spiro atoms. The van der Waals surface area contributed by atoms with Crippen LogP contribution >= 0.6 is 22.9 Å². The van der Waals surface area contributed by atoms with E-state index in [4.69, 9.17) is 16.3 Å². The molecule has 0 fully saturated rings. The summed E-state index contributed by atoms with van der Waals surface area (Å²) in [7, 11) is 0. The Morgan fingerprint density at radius 1 is 1.47 bits per heavy atom. The van der Waals surface area contributed by atoms with Crippen molar-refractivity contribution in [2.75, 3.05) is 6.61 Å².